The Morgan fingerprint density at radius 2 is 2.06 bits per heavy atom. The highest BCUT2D eigenvalue weighted by atomic mass is 19.3. The summed E-state index contributed by atoms with van der Waals surface area (Å²) in [5.74, 6) is 0. The number of pyridine rings is 1. The first-order valence-electron chi connectivity index (χ1n) is 5.28. The Morgan fingerprint density at radius 3 is 2.89 bits per heavy atom. The lowest BCUT2D eigenvalue weighted by molar-refractivity contribution is 0.146. The van der Waals surface area contributed by atoms with Crippen LogP contribution in [0.25, 0.3) is 22.4 Å². The SMILES string of the molecule is FC(F)c1cc(-c2cnc3[nH]ccc3n2)ccn1. The van der Waals surface area contributed by atoms with Crippen molar-refractivity contribution in [3.05, 3.63) is 42.5 Å². The van der Waals surface area contributed by atoms with E-state index in [1.54, 1.807) is 24.5 Å². The molecule has 0 amide bonds. The molecule has 3 aromatic rings. The van der Waals surface area contributed by atoms with Crippen LogP contribution in [0.1, 0.15) is 12.1 Å². The Balaban J connectivity index is 2.10. The van der Waals surface area contributed by atoms with Gasteiger partial charge < -0.3 is 4.98 Å². The highest BCUT2D eigenvalue weighted by molar-refractivity contribution is 5.74. The molecule has 18 heavy (non-hydrogen) atoms. The van der Waals surface area contributed by atoms with Gasteiger partial charge in [0.15, 0.2) is 5.65 Å². The molecule has 0 saturated carbocycles. The number of aromatic amines is 1. The third-order valence-electron chi connectivity index (χ3n) is 2.56. The Bertz CT molecular complexity index is 693. The van der Waals surface area contributed by atoms with Crippen LogP contribution in [0.15, 0.2) is 36.8 Å². The average molecular weight is 246 g/mol. The number of hydrogen-bond donors (Lipinski definition) is 1. The monoisotopic (exact) mass is 246 g/mol. The van der Waals surface area contributed by atoms with Crippen LogP contribution in [-0.2, 0) is 0 Å². The maximum Gasteiger partial charge on any atom is 0.280 e. The maximum atomic E-state index is 12.6. The number of nitrogens with zero attached hydrogens (tertiary/aromatic N) is 3. The molecule has 0 radical (unpaired) electrons. The van der Waals surface area contributed by atoms with Crippen LogP contribution in [0.4, 0.5) is 8.78 Å². The lowest BCUT2D eigenvalue weighted by Crippen LogP contribution is -1.92. The predicted molar refractivity (Wildman–Crippen MR) is 62.1 cm³/mol. The van der Waals surface area contributed by atoms with Crippen molar-refractivity contribution in [2.75, 3.05) is 0 Å². The number of halogens is 2. The Labute approximate surface area is 101 Å². The van der Waals surface area contributed by atoms with Gasteiger partial charge in [-0.3, -0.25) is 4.98 Å². The van der Waals surface area contributed by atoms with E-state index in [-0.39, 0.29) is 5.69 Å². The highest BCUT2D eigenvalue weighted by Crippen LogP contribution is 2.23. The molecule has 0 unspecified atom stereocenters. The first-order valence-corrected chi connectivity index (χ1v) is 5.28. The molecular weight excluding hydrogens is 238 g/mol. The largest absolute Gasteiger partial charge is 0.345 e. The zero-order chi connectivity index (χ0) is 12.5. The van der Waals surface area contributed by atoms with Crippen LogP contribution >= 0.6 is 0 Å². The van der Waals surface area contributed by atoms with Gasteiger partial charge in [-0.15, -0.1) is 0 Å². The second kappa shape index (κ2) is 4.14. The summed E-state index contributed by atoms with van der Waals surface area (Å²) >= 11 is 0. The summed E-state index contributed by atoms with van der Waals surface area (Å²) in [6.07, 6.45) is 2.03. The molecule has 90 valence electrons. The molecule has 0 aliphatic rings. The molecule has 0 aliphatic heterocycles. The molecule has 0 spiro atoms. The molecule has 0 aliphatic carbocycles. The van der Waals surface area contributed by atoms with Crippen molar-refractivity contribution < 1.29 is 8.78 Å². The summed E-state index contributed by atoms with van der Waals surface area (Å²) < 4.78 is 25.1. The summed E-state index contributed by atoms with van der Waals surface area (Å²) in [5.41, 5.74) is 2.23. The standard InChI is InChI=1S/C12H8F2N4/c13-11(14)9-5-7(1-3-15-9)10-6-17-12-8(18-10)2-4-16-12/h1-6,11H,(H,16,17). The quantitative estimate of drug-likeness (QED) is 0.756. The van der Waals surface area contributed by atoms with Crippen molar-refractivity contribution in [1.29, 1.82) is 0 Å². The van der Waals surface area contributed by atoms with E-state index in [1.807, 2.05) is 0 Å². The van der Waals surface area contributed by atoms with Crippen LogP contribution in [-0.4, -0.2) is 19.9 Å². The summed E-state index contributed by atoms with van der Waals surface area (Å²) in [6.45, 7) is 0. The van der Waals surface area contributed by atoms with Crippen molar-refractivity contribution >= 4 is 11.2 Å². The molecule has 0 saturated heterocycles. The van der Waals surface area contributed by atoms with Crippen molar-refractivity contribution in [1.82, 2.24) is 19.9 Å². The maximum absolute atomic E-state index is 12.6. The molecule has 4 nitrogen and oxygen atoms in total. The van der Waals surface area contributed by atoms with Gasteiger partial charge in [0, 0.05) is 18.0 Å². The number of rotatable bonds is 2. The normalized spacial score (nSPS) is 11.3. The third-order valence-corrected chi connectivity index (χ3v) is 2.56. The van der Waals surface area contributed by atoms with E-state index < -0.39 is 6.43 Å². The smallest absolute Gasteiger partial charge is 0.280 e. The Kier molecular flexibility index (Phi) is 2.47. The highest BCUT2D eigenvalue weighted by Gasteiger charge is 2.11. The first kappa shape index (κ1) is 10.8. The van der Waals surface area contributed by atoms with Crippen LogP contribution < -0.4 is 0 Å². The fourth-order valence-electron chi connectivity index (χ4n) is 1.70. The van der Waals surface area contributed by atoms with Gasteiger partial charge in [0.2, 0.25) is 0 Å². The topological polar surface area (TPSA) is 54.5 Å². The van der Waals surface area contributed by atoms with E-state index in [0.29, 0.717) is 22.4 Å². The molecule has 0 fully saturated rings. The number of aromatic nitrogens is 4. The summed E-state index contributed by atoms with van der Waals surface area (Å²) in [7, 11) is 0. The average Bonchev–Trinajstić information content (AvgIpc) is 2.86. The minimum Gasteiger partial charge on any atom is -0.345 e. The Morgan fingerprint density at radius 1 is 1.17 bits per heavy atom. The van der Waals surface area contributed by atoms with Crippen molar-refractivity contribution in [2.24, 2.45) is 0 Å². The van der Waals surface area contributed by atoms with Gasteiger partial charge in [-0.25, -0.2) is 18.7 Å². The van der Waals surface area contributed by atoms with E-state index in [9.17, 15) is 8.78 Å². The van der Waals surface area contributed by atoms with Gasteiger partial charge in [0.1, 0.15) is 11.2 Å². The van der Waals surface area contributed by atoms with Crippen LogP contribution in [0.5, 0.6) is 0 Å². The van der Waals surface area contributed by atoms with E-state index in [0.717, 1.165) is 0 Å². The molecule has 3 rings (SSSR count). The van der Waals surface area contributed by atoms with Crippen molar-refractivity contribution in [2.45, 2.75) is 6.43 Å². The summed E-state index contributed by atoms with van der Waals surface area (Å²) in [4.78, 5) is 15.0. The third kappa shape index (κ3) is 1.81. The number of alkyl halides is 2. The molecule has 3 heterocycles. The second-order valence-corrected chi connectivity index (χ2v) is 3.74. The number of fused-ring (bicyclic) bond motifs is 1. The van der Waals surface area contributed by atoms with Crippen molar-refractivity contribution in [3.8, 4) is 11.3 Å². The van der Waals surface area contributed by atoms with Crippen LogP contribution in [0.3, 0.4) is 0 Å². The van der Waals surface area contributed by atoms with Gasteiger partial charge in [-0.1, -0.05) is 0 Å². The molecule has 6 heteroatoms. The van der Waals surface area contributed by atoms with E-state index in [4.69, 9.17) is 0 Å². The molecule has 3 aromatic heterocycles. The number of H-pyrrole nitrogens is 1. The lowest BCUT2D eigenvalue weighted by atomic mass is 10.2. The summed E-state index contributed by atoms with van der Waals surface area (Å²) in [5, 5.41) is 0. The molecule has 0 atom stereocenters. The first-order chi connectivity index (χ1) is 8.74. The van der Waals surface area contributed by atoms with Gasteiger partial charge >= 0.3 is 0 Å². The van der Waals surface area contributed by atoms with Gasteiger partial charge in [-0.2, -0.15) is 0 Å². The second-order valence-electron chi connectivity index (χ2n) is 3.74. The van der Waals surface area contributed by atoms with E-state index in [2.05, 4.69) is 19.9 Å². The number of hydrogen-bond acceptors (Lipinski definition) is 3. The zero-order valence-electron chi connectivity index (χ0n) is 9.14. The zero-order valence-corrected chi connectivity index (χ0v) is 9.14. The van der Waals surface area contributed by atoms with Crippen LogP contribution in [0, 0.1) is 0 Å². The van der Waals surface area contributed by atoms with Gasteiger partial charge in [-0.05, 0) is 18.2 Å². The molecule has 0 bridgehead atoms. The van der Waals surface area contributed by atoms with E-state index >= 15 is 0 Å². The van der Waals surface area contributed by atoms with Crippen molar-refractivity contribution in [3.63, 3.8) is 0 Å². The van der Waals surface area contributed by atoms with Crippen LogP contribution in [0.2, 0.25) is 0 Å². The molecule has 1 N–H and O–H groups in total. The molecule has 0 aromatic carbocycles. The van der Waals surface area contributed by atoms with Gasteiger partial charge in [0.05, 0.1) is 11.9 Å². The number of nitrogens with one attached hydrogen (secondary N) is 1. The fraction of sp³-hybridized carbons (Fsp3) is 0.0833. The summed E-state index contributed by atoms with van der Waals surface area (Å²) in [6, 6.07) is 4.74. The van der Waals surface area contributed by atoms with Gasteiger partial charge in [0.25, 0.3) is 6.43 Å². The minimum absolute atomic E-state index is 0.261. The minimum atomic E-state index is -2.59. The molecular formula is C12H8F2N4. The Hall–Kier alpha value is -2.37. The van der Waals surface area contributed by atoms with E-state index in [1.165, 1.54) is 12.3 Å². The fourth-order valence-corrected chi connectivity index (χ4v) is 1.70. The predicted octanol–water partition coefficient (Wildman–Crippen LogP) is 2.96. The lowest BCUT2D eigenvalue weighted by Gasteiger charge is -2.03.